The van der Waals surface area contributed by atoms with E-state index >= 15 is 0 Å². The first-order chi connectivity index (χ1) is 11.0. The van der Waals surface area contributed by atoms with Crippen LogP contribution >= 0.6 is 11.3 Å². The van der Waals surface area contributed by atoms with E-state index in [2.05, 4.69) is 52.0 Å². The van der Waals surface area contributed by atoms with Crippen LogP contribution in [-0.4, -0.2) is 31.6 Å². The monoisotopic (exact) mass is 332 g/mol. The number of nitrogens with zero attached hydrogens (tertiary/aromatic N) is 2. The molecule has 0 bridgehead atoms. The van der Waals surface area contributed by atoms with Gasteiger partial charge in [-0.3, -0.25) is 4.99 Å². The van der Waals surface area contributed by atoms with E-state index in [1.165, 1.54) is 4.88 Å². The van der Waals surface area contributed by atoms with Crippen LogP contribution in [0.3, 0.4) is 0 Å². The van der Waals surface area contributed by atoms with Crippen LogP contribution < -0.4 is 15.4 Å². The van der Waals surface area contributed by atoms with Gasteiger partial charge in [0.25, 0.3) is 0 Å². The van der Waals surface area contributed by atoms with Gasteiger partial charge in [-0.1, -0.05) is 26.0 Å². The minimum Gasteiger partial charge on any atom is -0.481 e. The van der Waals surface area contributed by atoms with Gasteiger partial charge in [0.15, 0.2) is 5.96 Å². The minimum absolute atomic E-state index is 0.0556. The number of ether oxygens (including phenoxy) is 1. The van der Waals surface area contributed by atoms with Gasteiger partial charge in [0.2, 0.25) is 5.88 Å². The van der Waals surface area contributed by atoms with Crippen LogP contribution in [-0.2, 0) is 12.0 Å². The highest BCUT2D eigenvalue weighted by molar-refractivity contribution is 7.10. The van der Waals surface area contributed by atoms with Crippen LogP contribution in [0.15, 0.2) is 40.7 Å². The summed E-state index contributed by atoms with van der Waals surface area (Å²) in [6.07, 6.45) is 0. The summed E-state index contributed by atoms with van der Waals surface area (Å²) >= 11 is 1.78. The quantitative estimate of drug-likeness (QED) is 0.631. The standard InChI is InChI=1S/C17H24N4OS/c1-17(2,14-8-6-10-23-14)12-20-16(18-3)19-11-13-7-5-9-15(21-13)22-4/h5-10H,11-12H2,1-4H3,(H2,18,19,20). The molecule has 2 aromatic heterocycles. The molecule has 2 rings (SSSR count). The van der Waals surface area contributed by atoms with Crippen molar-refractivity contribution in [1.82, 2.24) is 15.6 Å². The molecule has 0 saturated heterocycles. The normalized spacial score (nSPS) is 12.1. The third-order valence-electron chi connectivity index (χ3n) is 3.54. The maximum atomic E-state index is 5.14. The van der Waals surface area contributed by atoms with E-state index in [0.29, 0.717) is 12.4 Å². The van der Waals surface area contributed by atoms with Crippen molar-refractivity contribution in [3.63, 3.8) is 0 Å². The average molecular weight is 332 g/mol. The second-order valence-corrected chi connectivity index (χ2v) is 6.76. The number of hydrogen-bond donors (Lipinski definition) is 2. The molecule has 0 unspecified atom stereocenters. The predicted octanol–water partition coefficient (Wildman–Crippen LogP) is 2.79. The molecule has 0 aromatic carbocycles. The Kier molecular flexibility index (Phi) is 5.98. The lowest BCUT2D eigenvalue weighted by Crippen LogP contribution is -2.43. The molecule has 2 heterocycles. The minimum atomic E-state index is 0.0556. The van der Waals surface area contributed by atoms with E-state index in [1.807, 2.05) is 18.2 Å². The first kappa shape index (κ1) is 17.3. The van der Waals surface area contributed by atoms with Crippen molar-refractivity contribution < 1.29 is 4.74 Å². The highest BCUT2D eigenvalue weighted by Gasteiger charge is 2.21. The van der Waals surface area contributed by atoms with Crippen molar-refractivity contribution in [3.8, 4) is 5.88 Å². The number of methoxy groups -OCH3 is 1. The van der Waals surface area contributed by atoms with E-state index in [9.17, 15) is 0 Å². The Morgan fingerprint density at radius 3 is 2.74 bits per heavy atom. The number of rotatable bonds is 6. The van der Waals surface area contributed by atoms with Gasteiger partial charge in [0.1, 0.15) is 0 Å². The smallest absolute Gasteiger partial charge is 0.213 e. The number of hydrogen-bond acceptors (Lipinski definition) is 4. The van der Waals surface area contributed by atoms with Crippen molar-refractivity contribution in [3.05, 3.63) is 46.3 Å². The van der Waals surface area contributed by atoms with Crippen molar-refractivity contribution in [1.29, 1.82) is 0 Å². The molecule has 124 valence electrons. The molecule has 0 aliphatic rings. The second-order valence-electron chi connectivity index (χ2n) is 5.81. The van der Waals surface area contributed by atoms with Crippen molar-refractivity contribution in [2.45, 2.75) is 25.8 Å². The molecule has 2 aromatic rings. The van der Waals surface area contributed by atoms with Gasteiger partial charge in [-0.05, 0) is 17.5 Å². The first-order valence-electron chi connectivity index (χ1n) is 7.53. The maximum Gasteiger partial charge on any atom is 0.213 e. The SMILES string of the molecule is CN=C(NCc1cccc(OC)n1)NCC(C)(C)c1cccs1. The largest absolute Gasteiger partial charge is 0.481 e. The lowest BCUT2D eigenvalue weighted by Gasteiger charge is -2.25. The molecule has 0 aliphatic heterocycles. The number of pyridine rings is 1. The molecule has 0 amide bonds. The Hall–Kier alpha value is -2.08. The summed E-state index contributed by atoms with van der Waals surface area (Å²) in [5.74, 6) is 1.38. The van der Waals surface area contributed by atoms with Crippen LogP contribution in [0.4, 0.5) is 0 Å². The average Bonchev–Trinajstić information content (AvgIpc) is 3.10. The zero-order valence-corrected chi connectivity index (χ0v) is 14.9. The summed E-state index contributed by atoms with van der Waals surface area (Å²) in [5, 5.41) is 8.77. The van der Waals surface area contributed by atoms with E-state index in [-0.39, 0.29) is 5.41 Å². The molecule has 0 saturated carbocycles. The van der Waals surface area contributed by atoms with Crippen LogP contribution in [0.2, 0.25) is 0 Å². The summed E-state index contributed by atoms with van der Waals surface area (Å²) in [6.45, 7) is 5.85. The van der Waals surface area contributed by atoms with Crippen LogP contribution in [0, 0.1) is 0 Å². The van der Waals surface area contributed by atoms with E-state index < -0.39 is 0 Å². The first-order valence-corrected chi connectivity index (χ1v) is 8.41. The van der Waals surface area contributed by atoms with Crippen molar-refractivity contribution in [2.75, 3.05) is 20.7 Å². The highest BCUT2D eigenvalue weighted by Crippen LogP contribution is 2.26. The maximum absolute atomic E-state index is 5.14. The Bertz CT molecular complexity index is 638. The molecule has 5 nitrogen and oxygen atoms in total. The summed E-state index contributed by atoms with van der Waals surface area (Å²) in [6, 6.07) is 9.98. The summed E-state index contributed by atoms with van der Waals surface area (Å²) in [4.78, 5) is 10.0. The van der Waals surface area contributed by atoms with Crippen LogP contribution in [0.1, 0.15) is 24.4 Å². The van der Waals surface area contributed by atoms with Gasteiger partial charge in [-0.25, -0.2) is 4.98 Å². The molecule has 2 N–H and O–H groups in total. The Balaban J connectivity index is 1.88. The molecule has 0 aliphatic carbocycles. The third kappa shape index (κ3) is 4.96. The lowest BCUT2D eigenvalue weighted by atomic mass is 9.91. The van der Waals surface area contributed by atoms with E-state index in [1.54, 1.807) is 25.5 Å². The van der Waals surface area contributed by atoms with Crippen molar-refractivity contribution in [2.24, 2.45) is 4.99 Å². The molecule has 0 fully saturated rings. The second kappa shape index (κ2) is 7.97. The van der Waals surface area contributed by atoms with Gasteiger partial charge in [-0.15, -0.1) is 11.3 Å². The molecular weight excluding hydrogens is 308 g/mol. The summed E-state index contributed by atoms with van der Waals surface area (Å²) in [7, 11) is 3.39. The fourth-order valence-electron chi connectivity index (χ4n) is 2.12. The van der Waals surface area contributed by atoms with Gasteiger partial charge in [0.05, 0.1) is 19.3 Å². The number of thiophene rings is 1. The zero-order chi connectivity index (χ0) is 16.7. The van der Waals surface area contributed by atoms with Crippen LogP contribution in [0.25, 0.3) is 0 Å². The topological polar surface area (TPSA) is 58.5 Å². The lowest BCUT2D eigenvalue weighted by molar-refractivity contribution is 0.396. The number of nitrogens with one attached hydrogen (secondary N) is 2. The Morgan fingerprint density at radius 2 is 2.09 bits per heavy atom. The van der Waals surface area contributed by atoms with Gasteiger partial charge < -0.3 is 15.4 Å². The number of aliphatic imine (C=N–C) groups is 1. The van der Waals surface area contributed by atoms with Gasteiger partial charge in [-0.2, -0.15) is 0 Å². The fourth-order valence-corrected chi connectivity index (χ4v) is 2.97. The third-order valence-corrected chi connectivity index (χ3v) is 4.77. The molecule has 0 radical (unpaired) electrons. The molecular formula is C17H24N4OS. The zero-order valence-electron chi connectivity index (χ0n) is 14.1. The van der Waals surface area contributed by atoms with Gasteiger partial charge >= 0.3 is 0 Å². The molecule has 23 heavy (non-hydrogen) atoms. The highest BCUT2D eigenvalue weighted by atomic mass is 32.1. The van der Waals surface area contributed by atoms with Crippen molar-refractivity contribution >= 4 is 17.3 Å². The fraction of sp³-hybridized carbons (Fsp3) is 0.412. The summed E-state index contributed by atoms with van der Waals surface area (Å²) in [5.41, 5.74) is 0.963. The Labute approximate surface area is 141 Å². The van der Waals surface area contributed by atoms with E-state index in [4.69, 9.17) is 4.74 Å². The number of guanidine groups is 1. The number of aromatic nitrogens is 1. The van der Waals surface area contributed by atoms with Crippen LogP contribution in [0.5, 0.6) is 5.88 Å². The predicted molar refractivity (Wildman–Crippen MR) is 96.3 cm³/mol. The summed E-state index contributed by atoms with van der Waals surface area (Å²) < 4.78 is 5.14. The van der Waals surface area contributed by atoms with Gasteiger partial charge in [0, 0.05) is 30.0 Å². The molecule has 0 atom stereocenters. The molecule has 6 heteroatoms. The Morgan fingerprint density at radius 1 is 1.26 bits per heavy atom. The molecule has 0 spiro atoms. The van der Waals surface area contributed by atoms with E-state index in [0.717, 1.165) is 18.2 Å².